The van der Waals surface area contributed by atoms with Crippen molar-refractivity contribution in [3.8, 4) is 0 Å². The van der Waals surface area contributed by atoms with E-state index in [4.69, 9.17) is 11.6 Å². The number of aromatic nitrogens is 1. The first-order valence-electron chi connectivity index (χ1n) is 6.14. The normalized spacial score (nSPS) is 10.2. The zero-order chi connectivity index (χ0) is 15.6. The Hall–Kier alpha value is -2.40. The van der Waals surface area contributed by atoms with Crippen molar-refractivity contribution in [2.45, 2.75) is 6.92 Å². The van der Waals surface area contributed by atoms with Gasteiger partial charge >= 0.3 is 5.97 Å². The number of para-hydroxylation sites is 1. The first-order chi connectivity index (χ1) is 9.91. The van der Waals surface area contributed by atoms with Gasteiger partial charge in [0, 0.05) is 18.9 Å². The molecule has 2 aromatic rings. The number of carbonyl (C=O) groups is 2. The molecule has 0 radical (unpaired) electrons. The summed E-state index contributed by atoms with van der Waals surface area (Å²) in [5.41, 5.74) is 1.27. The van der Waals surface area contributed by atoms with Crippen molar-refractivity contribution >= 4 is 29.2 Å². The summed E-state index contributed by atoms with van der Waals surface area (Å²) in [7, 11) is 1.50. The van der Waals surface area contributed by atoms with E-state index in [0.717, 1.165) is 0 Å². The van der Waals surface area contributed by atoms with Gasteiger partial charge in [0.1, 0.15) is 0 Å². The minimum atomic E-state index is -1.10. The fourth-order valence-corrected chi connectivity index (χ4v) is 2.21. The molecule has 1 N–H and O–H groups in total. The molecule has 0 saturated heterocycles. The average molecular weight is 305 g/mol. The summed E-state index contributed by atoms with van der Waals surface area (Å²) in [6.45, 7) is 1.77. The molecule has 1 amide bonds. The van der Waals surface area contributed by atoms with Crippen LogP contribution < -0.4 is 4.90 Å². The monoisotopic (exact) mass is 304 g/mol. The highest BCUT2D eigenvalue weighted by Gasteiger charge is 2.21. The van der Waals surface area contributed by atoms with E-state index in [-0.39, 0.29) is 16.1 Å². The predicted octanol–water partition coefficient (Wildman–Crippen LogP) is 3.02. The number of pyridine rings is 1. The smallest absolute Gasteiger partial charge is 0.337 e. The van der Waals surface area contributed by atoms with Crippen molar-refractivity contribution in [3.63, 3.8) is 0 Å². The van der Waals surface area contributed by atoms with Crippen LogP contribution in [0.5, 0.6) is 0 Å². The maximum atomic E-state index is 12.5. The van der Waals surface area contributed by atoms with Crippen LogP contribution in [0, 0.1) is 6.92 Å². The Morgan fingerprint density at radius 1 is 1.24 bits per heavy atom. The van der Waals surface area contributed by atoms with Gasteiger partial charge in [-0.15, -0.1) is 0 Å². The van der Waals surface area contributed by atoms with Crippen LogP contribution in [0.3, 0.4) is 0 Å². The molecular weight excluding hydrogens is 292 g/mol. The number of benzene rings is 1. The van der Waals surface area contributed by atoms with Gasteiger partial charge in [-0.2, -0.15) is 0 Å². The van der Waals surface area contributed by atoms with Gasteiger partial charge in [-0.25, -0.2) is 4.79 Å². The Labute approximate surface area is 126 Å². The zero-order valence-electron chi connectivity index (χ0n) is 11.5. The van der Waals surface area contributed by atoms with Crippen molar-refractivity contribution in [1.29, 1.82) is 0 Å². The first kappa shape index (κ1) is 15.0. The summed E-state index contributed by atoms with van der Waals surface area (Å²) in [6, 6.07) is 7.87. The maximum absolute atomic E-state index is 12.5. The fraction of sp³-hybridized carbons (Fsp3) is 0.133. The molecular formula is C15H13ClN2O3. The van der Waals surface area contributed by atoms with Gasteiger partial charge in [-0.3, -0.25) is 9.78 Å². The molecule has 0 unspecified atom stereocenters. The van der Waals surface area contributed by atoms with Crippen LogP contribution in [-0.2, 0) is 0 Å². The average Bonchev–Trinajstić information content (AvgIpc) is 2.45. The lowest BCUT2D eigenvalue weighted by atomic mass is 10.1. The molecule has 1 aromatic heterocycles. The molecule has 0 bridgehead atoms. The van der Waals surface area contributed by atoms with Gasteiger partial charge in [-0.05, 0) is 25.1 Å². The van der Waals surface area contributed by atoms with E-state index in [0.29, 0.717) is 11.4 Å². The van der Waals surface area contributed by atoms with Gasteiger partial charge in [-0.1, -0.05) is 23.7 Å². The Morgan fingerprint density at radius 3 is 2.52 bits per heavy atom. The lowest BCUT2D eigenvalue weighted by Crippen LogP contribution is -2.28. The molecule has 0 atom stereocenters. The number of hydrogen-bond acceptors (Lipinski definition) is 3. The summed E-state index contributed by atoms with van der Waals surface area (Å²) >= 11 is 6.05. The van der Waals surface area contributed by atoms with Gasteiger partial charge in [0.25, 0.3) is 5.91 Å². The second-order valence-corrected chi connectivity index (χ2v) is 4.90. The number of carboxylic acid groups (broad SMARTS) is 1. The molecule has 2 rings (SSSR count). The zero-order valence-corrected chi connectivity index (χ0v) is 12.3. The van der Waals surface area contributed by atoms with Crippen molar-refractivity contribution in [3.05, 3.63) is 58.4 Å². The second kappa shape index (κ2) is 5.93. The minimum Gasteiger partial charge on any atom is -0.478 e. The van der Waals surface area contributed by atoms with E-state index in [1.165, 1.54) is 24.2 Å². The second-order valence-electron chi connectivity index (χ2n) is 4.49. The predicted molar refractivity (Wildman–Crippen MR) is 80.1 cm³/mol. The molecule has 1 heterocycles. The van der Waals surface area contributed by atoms with Crippen LogP contribution in [0.25, 0.3) is 0 Å². The Bertz CT molecular complexity index is 716. The summed E-state index contributed by atoms with van der Waals surface area (Å²) < 4.78 is 0. The number of amides is 1. The molecule has 0 aliphatic rings. The Morgan fingerprint density at radius 2 is 1.90 bits per heavy atom. The molecule has 0 saturated carbocycles. The van der Waals surface area contributed by atoms with Crippen LogP contribution in [0.4, 0.5) is 5.69 Å². The highest BCUT2D eigenvalue weighted by molar-refractivity contribution is 6.34. The molecule has 21 heavy (non-hydrogen) atoms. The quantitative estimate of drug-likeness (QED) is 0.946. The highest BCUT2D eigenvalue weighted by Crippen LogP contribution is 2.23. The molecule has 0 aliphatic carbocycles. The number of carbonyl (C=O) groups excluding carboxylic acids is 1. The minimum absolute atomic E-state index is 0.0459. The van der Waals surface area contributed by atoms with E-state index in [9.17, 15) is 14.7 Å². The fourth-order valence-electron chi connectivity index (χ4n) is 1.92. The molecule has 1 aromatic carbocycles. The van der Waals surface area contributed by atoms with Crippen LogP contribution in [0.15, 0.2) is 36.5 Å². The number of carboxylic acids is 1. The molecule has 108 valence electrons. The van der Waals surface area contributed by atoms with Crippen LogP contribution in [0.1, 0.15) is 26.4 Å². The van der Waals surface area contributed by atoms with Gasteiger partial charge in [0.2, 0.25) is 0 Å². The summed E-state index contributed by atoms with van der Waals surface area (Å²) in [5, 5.41) is 9.47. The lowest BCUT2D eigenvalue weighted by molar-refractivity contribution is 0.0697. The highest BCUT2D eigenvalue weighted by atomic mass is 35.5. The Balaban J connectivity index is 2.42. The molecule has 0 aliphatic heterocycles. The van der Waals surface area contributed by atoms with Gasteiger partial charge < -0.3 is 10.0 Å². The molecule has 0 spiro atoms. The number of aryl methyl sites for hydroxylation is 1. The number of nitrogens with zero attached hydrogens (tertiary/aromatic N) is 2. The van der Waals surface area contributed by atoms with Crippen molar-refractivity contribution in [1.82, 2.24) is 4.98 Å². The number of rotatable bonds is 3. The third-order valence-electron chi connectivity index (χ3n) is 3.02. The molecule has 5 nitrogen and oxygen atoms in total. The summed E-state index contributed by atoms with van der Waals surface area (Å²) in [4.78, 5) is 29.0. The number of hydrogen-bond donors (Lipinski definition) is 1. The van der Waals surface area contributed by atoms with Gasteiger partial charge in [0.05, 0.1) is 21.8 Å². The third kappa shape index (κ3) is 3.03. The van der Waals surface area contributed by atoms with E-state index >= 15 is 0 Å². The molecule has 0 fully saturated rings. The number of aromatic carboxylic acids is 1. The molecule has 6 heteroatoms. The topological polar surface area (TPSA) is 70.5 Å². The Kier molecular flexibility index (Phi) is 4.23. The van der Waals surface area contributed by atoms with Crippen LogP contribution in [-0.4, -0.2) is 29.0 Å². The largest absolute Gasteiger partial charge is 0.478 e. The van der Waals surface area contributed by atoms with Crippen LogP contribution >= 0.6 is 11.6 Å². The van der Waals surface area contributed by atoms with Crippen molar-refractivity contribution in [2.24, 2.45) is 0 Å². The van der Waals surface area contributed by atoms with Crippen LogP contribution in [0.2, 0.25) is 5.02 Å². The van der Waals surface area contributed by atoms with E-state index in [1.54, 1.807) is 31.2 Å². The lowest BCUT2D eigenvalue weighted by Gasteiger charge is -2.19. The van der Waals surface area contributed by atoms with Crippen molar-refractivity contribution in [2.75, 3.05) is 11.9 Å². The first-order valence-corrected chi connectivity index (χ1v) is 6.52. The summed E-state index contributed by atoms with van der Waals surface area (Å²) in [5.74, 6) is -1.51. The standard InChI is InChI=1S/C15H13ClN2O3/c1-9-7-12(16)11(8-17-9)14(19)18(2)13-6-4-3-5-10(13)15(20)21/h3-8H,1-2H3,(H,20,21). The van der Waals surface area contributed by atoms with E-state index in [1.807, 2.05) is 0 Å². The summed E-state index contributed by atoms with van der Waals surface area (Å²) in [6.07, 6.45) is 1.39. The number of anilines is 1. The van der Waals surface area contributed by atoms with E-state index in [2.05, 4.69) is 4.98 Å². The SMILES string of the molecule is Cc1cc(Cl)c(C(=O)N(C)c2ccccc2C(=O)O)cn1. The maximum Gasteiger partial charge on any atom is 0.337 e. The van der Waals surface area contributed by atoms with Crippen molar-refractivity contribution < 1.29 is 14.7 Å². The van der Waals surface area contributed by atoms with E-state index < -0.39 is 11.9 Å². The number of halogens is 1. The van der Waals surface area contributed by atoms with Gasteiger partial charge in [0.15, 0.2) is 0 Å². The third-order valence-corrected chi connectivity index (χ3v) is 3.33.